The van der Waals surface area contributed by atoms with Gasteiger partial charge in [0.05, 0.1) is 23.6 Å². The highest BCUT2D eigenvalue weighted by molar-refractivity contribution is 9.10. The number of halogens is 2. The molecule has 3 aliphatic rings. The first-order chi connectivity index (χ1) is 16.8. The molecular weight excluding hydrogens is 534 g/mol. The van der Waals surface area contributed by atoms with Crippen LogP contribution in [0.15, 0.2) is 71.2 Å². The Bertz CT molecular complexity index is 1430. The van der Waals surface area contributed by atoms with Crippen molar-refractivity contribution in [2.45, 2.75) is 18.6 Å². The van der Waals surface area contributed by atoms with E-state index < -0.39 is 46.9 Å². The molecule has 2 amide bonds. The van der Waals surface area contributed by atoms with Crippen LogP contribution in [0.1, 0.15) is 37.9 Å². The topological polar surface area (TPSA) is 80.8 Å². The quantitative estimate of drug-likeness (QED) is 0.327. The van der Waals surface area contributed by atoms with E-state index >= 15 is 0 Å². The van der Waals surface area contributed by atoms with E-state index in [0.717, 1.165) is 14.9 Å². The van der Waals surface area contributed by atoms with Crippen molar-refractivity contribution in [3.63, 3.8) is 0 Å². The highest BCUT2D eigenvalue weighted by Gasteiger charge is 2.74. The van der Waals surface area contributed by atoms with Crippen molar-refractivity contribution < 1.29 is 23.9 Å². The lowest BCUT2D eigenvalue weighted by atomic mass is 9.77. The predicted molar refractivity (Wildman–Crippen MR) is 131 cm³/mol. The van der Waals surface area contributed by atoms with Crippen LogP contribution < -0.4 is 4.90 Å². The van der Waals surface area contributed by atoms with Crippen LogP contribution in [0.3, 0.4) is 0 Å². The van der Waals surface area contributed by atoms with Crippen LogP contribution >= 0.6 is 27.5 Å². The van der Waals surface area contributed by atoms with E-state index in [9.17, 15) is 19.2 Å². The molecule has 1 spiro atoms. The van der Waals surface area contributed by atoms with Gasteiger partial charge in [-0.3, -0.25) is 19.2 Å². The molecule has 0 saturated carbocycles. The van der Waals surface area contributed by atoms with Gasteiger partial charge in [-0.1, -0.05) is 63.9 Å². The smallest absolute Gasteiger partial charge is 0.241 e. The standard InChI is InChI=1S/C27H17BrClNO5/c1-13-12-14(6-11-19(13)29)22-20-21(26(34)30(25(20)33)16-9-7-15(28)8-10-16)27(35-22)23(31)17-4-2-3-5-18(17)24(27)32/h2-12,20-22H,1H3/t20-,21-,22+/m0/s1. The maximum Gasteiger partial charge on any atom is 0.241 e. The molecule has 0 bridgehead atoms. The van der Waals surface area contributed by atoms with E-state index in [1.54, 1.807) is 66.7 Å². The van der Waals surface area contributed by atoms with Gasteiger partial charge in [-0.2, -0.15) is 0 Å². The van der Waals surface area contributed by atoms with Crippen molar-refractivity contribution in [2.75, 3.05) is 4.90 Å². The third kappa shape index (κ3) is 2.92. The van der Waals surface area contributed by atoms with Gasteiger partial charge in [0.15, 0.2) is 0 Å². The summed E-state index contributed by atoms with van der Waals surface area (Å²) in [7, 11) is 0. The van der Waals surface area contributed by atoms with E-state index in [1.165, 1.54) is 0 Å². The number of hydrogen-bond acceptors (Lipinski definition) is 5. The van der Waals surface area contributed by atoms with Crippen LogP contribution in [0.5, 0.6) is 0 Å². The Labute approximate surface area is 214 Å². The monoisotopic (exact) mass is 549 g/mol. The number of ether oxygens (including phenoxy) is 1. The molecule has 174 valence electrons. The summed E-state index contributed by atoms with van der Waals surface area (Å²) in [5.41, 5.74) is 0.00390. The summed E-state index contributed by atoms with van der Waals surface area (Å²) in [5, 5.41) is 0.531. The van der Waals surface area contributed by atoms with E-state index in [0.29, 0.717) is 16.3 Å². The van der Waals surface area contributed by atoms with E-state index in [-0.39, 0.29) is 11.1 Å². The second-order valence-corrected chi connectivity index (χ2v) is 10.3. The highest BCUT2D eigenvalue weighted by Crippen LogP contribution is 2.57. The molecule has 3 atom stereocenters. The minimum absolute atomic E-state index is 0.200. The highest BCUT2D eigenvalue weighted by atomic mass is 79.9. The van der Waals surface area contributed by atoms with Gasteiger partial charge in [-0.05, 0) is 48.4 Å². The number of carbonyl (C=O) groups is 4. The maximum atomic E-state index is 13.9. The Kier molecular flexibility index (Phi) is 4.90. The van der Waals surface area contributed by atoms with Crippen LogP contribution in [0.4, 0.5) is 5.69 Å². The van der Waals surface area contributed by atoms with Crippen LogP contribution in [0, 0.1) is 18.8 Å². The second kappa shape index (κ2) is 7.68. The molecule has 6 rings (SSSR count). The number of amides is 2. The molecular formula is C27H17BrClNO5. The van der Waals surface area contributed by atoms with Gasteiger partial charge in [0.25, 0.3) is 0 Å². The molecule has 0 aromatic heterocycles. The van der Waals surface area contributed by atoms with Gasteiger partial charge < -0.3 is 4.74 Å². The normalized spacial score (nSPS) is 24.4. The maximum absolute atomic E-state index is 13.9. The van der Waals surface area contributed by atoms with Crippen LogP contribution in [0.25, 0.3) is 0 Å². The fraction of sp³-hybridized carbons (Fsp3) is 0.185. The first-order valence-electron chi connectivity index (χ1n) is 11.0. The first kappa shape index (κ1) is 22.3. The van der Waals surface area contributed by atoms with Gasteiger partial charge in [0.1, 0.15) is 0 Å². The Morgan fingerprint density at radius 3 is 2.11 bits per heavy atom. The third-order valence-corrected chi connectivity index (χ3v) is 8.07. The Hall–Kier alpha value is -3.13. The summed E-state index contributed by atoms with van der Waals surface area (Å²) < 4.78 is 7.07. The number of aryl methyl sites for hydroxylation is 1. The number of fused-ring (bicyclic) bond motifs is 3. The van der Waals surface area contributed by atoms with Crippen molar-refractivity contribution >= 4 is 56.6 Å². The molecule has 2 fully saturated rings. The zero-order valence-electron chi connectivity index (χ0n) is 18.3. The number of benzene rings is 3. The number of rotatable bonds is 2. The van der Waals surface area contributed by atoms with Crippen LogP contribution in [-0.4, -0.2) is 29.0 Å². The second-order valence-electron chi connectivity index (χ2n) is 8.98. The SMILES string of the molecule is Cc1cc([C@H]2OC3(C(=O)c4ccccc4C3=O)[C@@H]3C(=O)N(c4ccc(Br)cc4)C(=O)[C@H]23)ccc1Cl. The third-order valence-electron chi connectivity index (χ3n) is 7.11. The Morgan fingerprint density at radius 2 is 1.51 bits per heavy atom. The molecule has 0 radical (unpaired) electrons. The molecule has 2 aliphatic heterocycles. The van der Waals surface area contributed by atoms with Crippen molar-refractivity contribution in [3.8, 4) is 0 Å². The van der Waals surface area contributed by atoms with E-state index in [4.69, 9.17) is 16.3 Å². The van der Waals surface area contributed by atoms with Crippen molar-refractivity contribution in [2.24, 2.45) is 11.8 Å². The van der Waals surface area contributed by atoms with E-state index in [2.05, 4.69) is 15.9 Å². The fourth-order valence-electron chi connectivity index (χ4n) is 5.51. The van der Waals surface area contributed by atoms with Crippen molar-refractivity contribution in [1.29, 1.82) is 0 Å². The van der Waals surface area contributed by atoms with Gasteiger partial charge in [0.2, 0.25) is 29.0 Å². The summed E-state index contributed by atoms with van der Waals surface area (Å²) in [6, 6.07) is 18.3. The molecule has 1 aliphatic carbocycles. The Balaban J connectivity index is 1.55. The molecule has 0 N–H and O–H groups in total. The first-order valence-corrected chi connectivity index (χ1v) is 12.2. The molecule has 0 unspecified atom stereocenters. The Morgan fingerprint density at radius 1 is 0.886 bits per heavy atom. The molecule has 8 heteroatoms. The van der Waals surface area contributed by atoms with Gasteiger partial charge in [0, 0.05) is 20.6 Å². The number of ketones is 2. The lowest BCUT2D eigenvalue weighted by Gasteiger charge is -2.27. The lowest BCUT2D eigenvalue weighted by molar-refractivity contribution is -0.127. The zero-order valence-corrected chi connectivity index (χ0v) is 20.7. The average Bonchev–Trinajstić information content (AvgIpc) is 3.42. The molecule has 3 aromatic carbocycles. The number of Topliss-reactive ketones (excluding diaryl/α,β-unsaturated/α-hetero) is 2. The summed E-state index contributed by atoms with van der Waals surface area (Å²) in [6.45, 7) is 1.81. The average molecular weight is 551 g/mol. The van der Waals surface area contributed by atoms with Crippen molar-refractivity contribution in [1.82, 2.24) is 0 Å². The van der Waals surface area contributed by atoms with Crippen LogP contribution in [0.2, 0.25) is 5.02 Å². The number of anilines is 1. The molecule has 3 aromatic rings. The lowest BCUT2D eigenvalue weighted by Crippen LogP contribution is -2.51. The molecule has 6 nitrogen and oxygen atoms in total. The minimum atomic E-state index is -2.09. The number of carbonyl (C=O) groups excluding carboxylic acids is 4. The number of imide groups is 1. The predicted octanol–water partition coefficient (Wildman–Crippen LogP) is 5.11. The number of nitrogens with zero attached hydrogens (tertiary/aromatic N) is 1. The summed E-state index contributed by atoms with van der Waals surface area (Å²) in [5.74, 6) is -4.63. The van der Waals surface area contributed by atoms with Crippen molar-refractivity contribution in [3.05, 3.63) is 98.5 Å². The van der Waals surface area contributed by atoms with Gasteiger partial charge in [-0.15, -0.1) is 0 Å². The zero-order chi connectivity index (χ0) is 24.6. The largest absolute Gasteiger partial charge is 0.349 e. The summed E-state index contributed by atoms with van der Waals surface area (Å²) in [4.78, 5) is 56.3. The van der Waals surface area contributed by atoms with Gasteiger partial charge in [-0.25, -0.2) is 4.90 Å². The minimum Gasteiger partial charge on any atom is -0.349 e. The fourth-order valence-corrected chi connectivity index (χ4v) is 5.89. The molecule has 35 heavy (non-hydrogen) atoms. The molecule has 2 heterocycles. The van der Waals surface area contributed by atoms with Crippen LogP contribution in [-0.2, 0) is 14.3 Å². The number of hydrogen-bond donors (Lipinski definition) is 0. The van der Waals surface area contributed by atoms with E-state index in [1.807, 2.05) is 6.92 Å². The molecule has 2 saturated heterocycles. The summed E-state index contributed by atoms with van der Waals surface area (Å²) in [6.07, 6.45) is -0.977. The van der Waals surface area contributed by atoms with Gasteiger partial charge >= 0.3 is 0 Å². The summed E-state index contributed by atoms with van der Waals surface area (Å²) >= 11 is 9.57.